The van der Waals surface area contributed by atoms with Gasteiger partial charge in [0.1, 0.15) is 36.5 Å². The zero-order valence-electron chi connectivity index (χ0n) is 30.0. The van der Waals surface area contributed by atoms with Crippen molar-refractivity contribution in [2.75, 3.05) is 46.1 Å². The zero-order chi connectivity index (χ0) is 36.9. The third-order valence-electron chi connectivity index (χ3n) is 9.60. The van der Waals surface area contributed by atoms with Crippen molar-refractivity contribution in [2.45, 2.75) is 58.9 Å². The Hall–Kier alpha value is -4.21. The van der Waals surface area contributed by atoms with Gasteiger partial charge < -0.3 is 39.7 Å². The summed E-state index contributed by atoms with van der Waals surface area (Å²) in [5.74, 6) is 2.21. The molecule has 52 heavy (non-hydrogen) atoms. The van der Waals surface area contributed by atoms with Crippen LogP contribution < -0.4 is 19.5 Å². The van der Waals surface area contributed by atoms with Gasteiger partial charge in [0.15, 0.2) is 0 Å². The van der Waals surface area contributed by atoms with E-state index in [0.29, 0.717) is 40.2 Å². The monoisotopic (exact) mass is 728 g/mol. The number of benzene rings is 3. The number of nitrogens with one attached hydrogen (secondary N) is 1. The van der Waals surface area contributed by atoms with Crippen molar-refractivity contribution in [3.63, 3.8) is 0 Å². The number of piperidine rings is 1. The number of ether oxygens (including phenoxy) is 3. The lowest BCUT2D eigenvalue weighted by Gasteiger charge is -2.31. The van der Waals surface area contributed by atoms with Crippen LogP contribution in [0.2, 0.25) is 5.02 Å². The van der Waals surface area contributed by atoms with E-state index in [-0.39, 0.29) is 39.6 Å². The highest BCUT2D eigenvalue weighted by atomic mass is 35.5. The molecular weight excluding hydrogens is 680 g/mol. The number of pyridine rings is 1. The molecule has 1 aliphatic rings. The van der Waals surface area contributed by atoms with Gasteiger partial charge in [0.25, 0.3) is 0 Å². The lowest BCUT2D eigenvalue weighted by Crippen LogP contribution is -2.37. The number of hydrogen-bond donors (Lipinski definition) is 4. The summed E-state index contributed by atoms with van der Waals surface area (Å²) in [6.45, 7) is 8.35. The van der Waals surface area contributed by atoms with E-state index in [2.05, 4.69) is 47.3 Å². The van der Waals surface area contributed by atoms with Crippen LogP contribution in [0.1, 0.15) is 52.6 Å². The molecule has 4 aromatic rings. The third-order valence-corrected chi connectivity index (χ3v) is 9.89. The summed E-state index contributed by atoms with van der Waals surface area (Å²) in [4.78, 5) is 6.55. The average Bonchev–Trinajstić information content (AvgIpc) is 3.17. The SMILES string of the molecule is Cc1c(COc2cc(OCc3cncc(C#N)c3)c(CNC(CO)CO)cc2Cl)cccc1-c1cccc(OCCCN2CCCC(CO)C2)c1C. The molecule has 1 unspecified atom stereocenters. The molecule has 2 heterocycles. The molecule has 4 N–H and O–H groups in total. The predicted octanol–water partition coefficient (Wildman–Crippen LogP) is 5.96. The fourth-order valence-corrected chi connectivity index (χ4v) is 6.75. The normalized spacial score (nSPS) is 14.7. The molecule has 5 rings (SSSR count). The number of rotatable bonds is 18. The highest BCUT2D eigenvalue weighted by molar-refractivity contribution is 6.32. The number of aliphatic hydroxyl groups excluding tert-OH is 3. The summed E-state index contributed by atoms with van der Waals surface area (Å²) in [5.41, 5.74) is 7.24. The summed E-state index contributed by atoms with van der Waals surface area (Å²) >= 11 is 6.74. The third kappa shape index (κ3) is 10.4. The van der Waals surface area contributed by atoms with Crippen LogP contribution in [0.5, 0.6) is 17.2 Å². The maximum absolute atomic E-state index is 9.55. The Morgan fingerprint density at radius 1 is 0.923 bits per heavy atom. The lowest BCUT2D eigenvalue weighted by atomic mass is 9.93. The van der Waals surface area contributed by atoms with E-state index in [9.17, 15) is 20.6 Å². The van der Waals surface area contributed by atoms with Crippen LogP contribution in [0.4, 0.5) is 0 Å². The Labute approximate surface area is 311 Å². The van der Waals surface area contributed by atoms with E-state index < -0.39 is 6.04 Å². The molecule has 276 valence electrons. The van der Waals surface area contributed by atoms with Crippen molar-refractivity contribution in [3.8, 4) is 34.4 Å². The molecule has 3 aromatic carbocycles. The second kappa shape index (κ2) is 19.6. The lowest BCUT2D eigenvalue weighted by molar-refractivity contribution is 0.115. The fourth-order valence-electron chi connectivity index (χ4n) is 6.51. The smallest absolute Gasteiger partial charge is 0.142 e. The number of halogens is 1. The minimum Gasteiger partial charge on any atom is -0.493 e. The van der Waals surface area contributed by atoms with Crippen LogP contribution in [0.3, 0.4) is 0 Å². The summed E-state index contributed by atoms with van der Waals surface area (Å²) in [6.07, 6.45) is 6.31. The molecule has 10 nitrogen and oxygen atoms in total. The summed E-state index contributed by atoms with van der Waals surface area (Å²) < 4.78 is 18.8. The number of likely N-dealkylation sites (tertiary alicyclic amines) is 1. The van der Waals surface area contributed by atoms with Gasteiger partial charge in [0.2, 0.25) is 0 Å². The van der Waals surface area contributed by atoms with E-state index in [4.69, 9.17) is 25.8 Å². The molecule has 11 heteroatoms. The van der Waals surface area contributed by atoms with Crippen molar-refractivity contribution in [1.82, 2.24) is 15.2 Å². The molecule has 1 atom stereocenters. The molecule has 0 amide bonds. The van der Waals surface area contributed by atoms with Gasteiger partial charge in [-0.25, -0.2) is 0 Å². The molecule has 0 radical (unpaired) electrons. The van der Waals surface area contributed by atoms with E-state index in [1.165, 1.54) is 6.20 Å². The summed E-state index contributed by atoms with van der Waals surface area (Å²) in [6, 6.07) is 19.2. The van der Waals surface area contributed by atoms with Crippen molar-refractivity contribution < 1.29 is 29.5 Å². The van der Waals surface area contributed by atoms with E-state index in [1.54, 1.807) is 24.4 Å². The molecule has 0 bridgehead atoms. The minimum absolute atomic E-state index is 0.160. The van der Waals surface area contributed by atoms with E-state index in [0.717, 1.165) is 78.0 Å². The maximum Gasteiger partial charge on any atom is 0.142 e. The topological polar surface area (TPSA) is 140 Å². The summed E-state index contributed by atoms with van der Waals surface area (Å²) in [5, 5.41) is 41.4. The average molecular weight is 729 g/mol. The molecule has 0 spiro atoms. The molecule has 0 saturated carbocycles. The van der Waals surface area contributed by atoms with Gasteiger partial charge in [-0.15, -0.1) is 0 Å². The molecule has 1 fully saturated rings. The van der Waals surface area contributed by atoms with Gasteiger partial charge in [-0.2, -0.15) is 5.26 Å². The fraction of sp³-hybridized carbons (Fsp3) is 0.415. The Bertz CT molecular complexity index is 1810. The molecule has 1 aliphatic heterocycles. The van der Waals surface area contributed by atoms with E-state index >= 15 is 0 Å². The van der Waals surface area contributed by atoms with Gasteiger partial charge in [-0.1, -0.05) is 41.9 Å². The van der Waals surface area contributed by atoms with Gasteiger partial charge in [0.05, 0.1) is 36.4 Å². The first-order valence-electron chi connectivity index (χ1n) is 17.8. The molecule has 1 aromatic heterocycles. The van der Waals surface area contributed by atoms with Crippen LogP contribution in [0.25, 0.3) is 11.1 Å². The number of aromatic nitrogens is 1. The van der Waals surface area contributed by atoms with Crippen LogP contribution in [0, 0.1) is 31.1 Å². The van der Waals surface area contributed by atoms with Crippen molar-refractivity contribution in [3.05, 3.63) is 105 Å². The second-order valence-electron chi connectivity index (χ2n) is 13.3. The van der Waals surface area contributed by atoms with Crippen LogP contribution in [-0.4, -0.2) is 77.3 Å². The minimum atomic E-state index is -0.504. The van der Waals surface area contributed by atoms with Crippen LogP contribution >= 0.6 is 11.6 Å². The van der Waals surface area contributed by atoms with Crippen molar-refractivity contribution >= 4 is 11.6 Å². The first-order chi connectivity index (χ1) is 25.3. The molecule has 0 aliphatic carbocycles. The van der Waals surface area contributed by atoms with Gasteiger partial charge in [-0.3, -0.25) is 4.98 Å². The highest BCUT2D eigenvalue weighted by Gasteiger charge is 2.19. The highest BCUT2D eigenvalue weighted by Crippen LogP contribution is 2.36. The number of hydrogen-bond acceptors (Lipinski definition) is 10. The maximum atomic E-state index is 9.55. The zero-order valence-corrected chi connectivity index (χ0v) is 30.7. The first-order valence-corrected chi connectivity index (χ1v) is 18.2. The van der Waals surface area contributed by atoms with E-state index in [1.807, 2.05) is 24.3 Å². The predicted molar refractivity (Wildman–Crippen MR) is 202 cm³/mol. The van der Waals surface area contributed by atoms with Gasteiger partial charge in [-0.05, 0) is 91.6 Å². The Kier molecular flexibility index (Phi) is 14.7. The number of aliphatic hydroxyl groups is 3. The Balaban J connectivity index is 1.28. The Morgan fingerprint density at radius 3 is 2.46 bits per heavy atom. The van der Waals surface area contributed by atoms with Gasteiger partial charge >= 0.3 is 0 Å². The van der Waals surface area contributed by atoms with Crippen molar-refractivity contribution in [1.29, 1.82) is 5.26 Å². The number of nitriles is 1. The van der Waals surface area contributed by atoms with Crippen LogP contribution in [-0.2, 0) is 19.8 Å². The summed E-state index contributed by atoms with van der Waals surface area (Å²) in [7, 11) is 0. The van der Waals surface area contributed by atoms with Gasteiger partial charge in [0, 0.05) is 55.8 Å². The Morgan fingerprint density at radius 2 is 1.69 bits per heavy atom. The van der Waals surface area contributed by atoms with Crippen LogP contribution in [0.15, 0.2) is 67.0 Å². The molecule has 1 saturated heterocycles. The second-order valence-corrected chi connectivity index (χ2v) is 13.7. The number of nitrogens with zero attached hydrogens (tertiary/aromatic N) is 3. The standard InChI is InChI=1S/C41H49ClN4O6/c1-28-33(8-3-9-36(28)37-10-4-11-39(29(37)2)50-14-6-13-46-12-5-7-30(22-46)23-47)27-52-41-17-40(51-26-32-15-31(18-43)19-44-20-32)34(16-38(41)42)21-45-35(24-48)25-49/h3-4,8-11,15-17,19-20,30,35,45,47-49H,5-7,12-14,21-27H2,1-2H3. The largest absolute Gasteiger partial charge is 0.493 e. The first kappa shape index (κ1) is 39.0. The quantitative estimate of drug-likeness (QED) is 0.0907. The van der Waals surface area contributed by atoms with Crippen molar-refractivity contribution in [2.24, 2.45) is 5.92 Å². The molecular formula is C41H49ClN4O6.